The summed E-state index contributed by atoms with van der Waals surface area (Å²) in [6, 6.07) is 1.72. The topological polar surface area (TPSA) is 90.2 Å². The minimum Gasteiger partial charge on any atom is -0.404 e. The molecule has 0 saturated carbocycles. The SMILES string of the molecule is O=S(=O)(c1cc(F)ccc1OC(F)(F)F)N1Cc2nccnc2-n2c(Cl)cnc2C1. The van der Waals surface area contributed by atoms with E-state index in [1.807, 2.05) is 0 Å². The molecule has 1 aliphatic rings. The first-order chi connectivity index (χ1) is 14.1. The Bertz CT molecular complexity index is 1230. The zero-order valence-electron chi connectivity index (χ0n) is 14.6. The molecule has 0 unspecified atom stereocenters. The van der Waals surface area contributed by atoms with Crippen molar-refractivity contribution >= 4 is 21.6 Å². The van der Waals surface area contributed by atoms with Crippen molar-refractivity contribution in [1.82, 2.24) is 23.8 Å². The third kappa shape index (κ3) is 3.70. The molecule has 4 rings (SSSR count). The van der Waals surface area contributed by atoms with Gasteiger partial charge in [0.15, 0.2) is 5.82 Å². The lowest BCUT2D eigenvalue weighted by atomic mass is 10.3. The lowest BCUT2D eigenvalue weighted by Crippen LogP contribution is -2.31. The van der Waals surface area contributed by atoms with Crippen molar-refractivity contribution in [3.63, 3.8) is 0 Å². The molecule has 0 atom stereocenters. The minimum absolute atomic E-state index is 0.137. The highest BCUT2D eigenvalue weighted by atomic mass is 35.5. The van der Waals surface area contributed by atoms with Crippen LogP contribution in [0, 0.1) is 5.82 Å². The molecule has 158 valence electrons. The van der Waals surface area contributed by atoms with E-state index in [2.05, 4.69) is 19.7 Å². The summed E-state index contributed by atoms with van der Waals surface area (Å²) in [6.07, 6.45) is -1.22. The molecule has 0 saturated heterocycles. The number of aromatic nitrogens is 4. The summed E-state index contributed by atoms with van der Waals surface area (Å²) >= 11 is 6.13. The van der Waals surface area contributed by atoms with E-state index in [-0.39, 0.29) is 35.6 Å². The normalized spacial score (nSPS) is 14.7. The number of rotatable bonds is 3. The smallest absolute Gasteiger partial charge is 0.404 e. The molecule has 8 nitrogen and oxygen atoms in total. The predicted molar refractivity (Wildman–Crippen MR) is 93.7 cm³/mol. The summed E-state index contributed by atoms with van der Waals surface area (Å²) in [5.41, 5.74) is 0.175. The lowest BCUT2D eigenvalue weighted by Gasteiger charge is -2.21. The molecular formula is C16H10ClF4N5O3S. The standard InChI is InChI=1S/C16H10ClF4N5O3S/c17-13-6-24-14-8-25(7-10-15(26(13)14)23-4-3-22-10)30(27,28)12-5-9(18)1-2-11(12)29-16(19,20)21/h1-6H,7-8H2. The number of imidazole rings is 1. The third-order valence-corrected chi connectivity index (χ3v) is 6.23. The van der Waals surface area contributed by atoms with Crippen molar-refractivity contribution in [3.05, 3.63) is 59.3 Å². The molecule has 0 N–H and O–H groups in total. The molecule has 0 spiro atoms. The fourth-order valence-electron chi connectivity index (χ4n) is 2.94. The van der Waals surface area contributed by atoms with Crippen LogP contribution in [0.3, 0.4) is 0 Å². The highest BCUT2D eigenvalue weighted by Crippen LogP contribution is 2.35. The first kappa shape index (κ1) is 20.5. The Morgan fingerprint density at radius 1 is 1.10 bits per heavy atom. The molecule has 0 fully saturated rings. The van der Waals surface area contributed by atoms with Crippen LogP contribution in [0.15, 0.2) is 41.7 Å². The Morgan fingerprint density at radius 2 is 1.83 bits per heavy atom. The zero-order valence-corrected chi connectivity index (χ0v) is 16.2. The van der Waals surface area contributed by atoms with Crippen LogP contribution >= 0.6 is 11.6 Å². The maximum Gasteiger partial charge on any atom is 0.573 e. The quantitative estimate of drug-likeness (QED) is 0.555. The number of ether oxygens (including phenoxy) is 1. The first-order valence-corrected chi connectivity index (χ1v) is 9.96. The van der Waals surface area contributed by atoms with Crippen molar-refractivity contribution in [2.45, 2.75) is 24.3 Å². The van der Waals surface area contributed by atoms with Crippen molar-refractivity contribution in [3.8, 4) is 11.6 Å². The van der Waals surface area contributed by atoms with Gasteiger partial charge >= 0.3 is 6.36 Å². The highest BCUT2D eigenvalue weighted by molar-refractivity contribution is 7.89. The first-order valence-electron chi connectivity index (χ1n) is 8.14. The van der Waals surface area contributed by atoms with Gasteiger partial charge in [0.25, 0.3) is 0 Å². The molecular weight excluding hydrogens is 454 g/mol. The highest BCUT2D eigenvalue weighted by Gasteiger charge is 2.38. The van der Waals surface area contributed by atoms with Crippen LogP contribution in [0.4, 0.5) is 17.6 Å². The van der Waals surface area contributed by atoms with E-state index >= 15 is 0 Å². The van der Waals surface area contributed by atoms with Crippen LogP contribution in [0.2, 0.25) is 5.15 Å². The van der Waals surface area contributed by atoms with Crippen LogP contribution in [0.25, 0.3) is 5.82 Å². The molecule has 1 aliphatic heterocycles. The fraction of sp³-hybridized carbons (Fsp3) is 0.188. The average Bonchev–Trinajstić information content (AvgIpc) is 2.92. The number of sulfonamides is 1. The van der Waals surface area contributed by atoms with Gasteiger partial charge < -0.3 is 4.74 Å². The lowest BCUT2D eigenvalue weighted by molar-refractivity contribution is -0.275. The molecule has 0 radical (unpaired) electrons. The summed E-state index contributed by atoms with van der Waals surface area (Å²) in [4.78, 5) is 11.3. The number of fused-ring (bicyclic) bond motifs is 3. The van der Waals surface area contributed by atoms with Gasteiger partial charge in [-0.05, 0) is 18.2 Å². The molecule has 0 bridgehead atoms. The second-order valence-corrected chi connectivity index (χ2v) is 8.36. The number of nitrogens with zero attached hydrogens (tertiary/aromatic N) is 5. The Labute approximate surface area is 171 Å². The van der Waals surface area contributed by atoms with Gasteiger partial charge in [0, 0.05) is 12.4 Å². The number of benzene rings is 1. The van der Waals surface area contributed by atoms with E-state index in [4.69, 9.17) is 11.6 Å². The van der Waals surface area contributed by atoms with Crippen LogP contribution in [-0.2, 0) is 23.1 Å². The number of hydrogen-bond acceptors (Lipinski definition) is 6. The molecule has 30 heavy (non-hydrogen) atoms. The van der Waals surface area contributed by atoms with Gasteiger partial charge in [0.2, 0.25) is 10.0 Å². The van der Waals surface area contributed by atoms with Gasteiger partial charge in [0.1, 0.15) is 27.4 Å². The average molecular weight is 464 g/mol. The maximum absolute atomic E-state index is 13.8. The summed E-state index contributed by atoms with van der Waals surface area (Å²) in [6.45, 7) is -0.748. The van der Waals surface area contributed by atoms with E-state index in [9.17, 15) is 26.0 Å². The van der Waals surface area contributed by atoms with E-state index in [1.54, 1.807) is 0 Å². The number of halogens is 5. The Morgan fingerprint density at radius 3 is 2.57 bits per heavy atom. The zero-order chi connectivity index (χ0) is 21.7. The summed E-state index contributed by atoms with van der Waals surface area (Å²) in [5.74, 6) is -1.74. The van der Waals surface area contributed by atoms with Gasteiger partial charge in [-0.25, -0.2) is 22.8 Å². The molecule has 1 aromatic carbocycles. The monoisotopic (exact) mass is 463 g/mol. The minimum atomic E-state index is -5.18. The third-order valence-electron chi connectivity index (χ3n) is 4.15. The van der Waals surface area contributed by atoms with Crippen LogP contribution in [0.5, 0.6) is 5.75 Å². The Balaban J connectivity index is 1.85. The van der Waals surface area contributed by atoms with Crippen LogP contribution in [0.1, 0.15) is 11.5 Å². The van der Waals surface area contributed by atoms with E-state index in [1.165, 1.54) is 23.2 Å². The molecule has 3 aromatic rings. The van der Waals surface area contributed by atoms with Gasteiger partial charge in [-0.15, -0.1) is 13.2 Å². The van der Waals surface area contributed by atoms with Gasteiger partial charge in [-0.2, -0.15) is 4.31 Å². The van der Waals surface area contributed by atoms with Gasteiger partial charge in [-0.3, -0.25) is 9.55 Å². The number of alkyl halides is 3. The Hall–Kier alpha value is -2.77. The van der Waals surface area contributed by atoms with Crippen molar-refractivity contribution < 1.29 is 30.7 Å². The maximum atomic E-state index is 13.8. The van der Waals surface area contributed by atoms with E-state index in [0.717, 1.165) is 4.31 Å². The molecule has 0 aliphatic carbocycles. The van der Waals surface area contributed by atoms with Crippen molar-refractivity contribution in [1.29, 1.82) is 0 Å². The van der Waals surface area contributed by atoms with Gasteiger partial charge in [-0.1, -0.05) is 11.6 Å². The van der Waals surface area contributed by atoms with Crippen LogP contribution < -0.4 is 4.74 Å². The molecule has 14 heteroatoms. The molecule has 0 amide bonds. The second-order valence-electron chi connectivity index (χ2n) is 6.07. The summed E-state index contributed by atoms with van der Waals surface area (Å²) in [7, 11) is -4.68. The Kier molecular flexibility index (Phi) is 4.91. The van der Waals surface area contributed by atoms with Crippen molar-refractivity contribution in [2.24, 2.45) is 0 Å². The molecule has 2 aromatic heterocycles. The van der Waals surface area contributed by atoms with E-state index in [0.29, 0.717) is 18.2 Å². The molecule has 3 heterocycles. The number of hydrogen-bond donors (Lipinski definition) is 0. The predicted octanol–water partition coefficient (Wildman–Crippen LogP) is 3.06. The summed E-state index contributed by atoms with van der Waals surface area (Å²) in [5, 5.41) is 0.137. The van der Waals surface area contributed by atoms with E-state index < -0.39 is 32.8 Å². The van der Waals surface area contributed by atoms with Crippen LogP contribution in [-0.4, -0.2) is 38.6 Å². The second kappa shape index (κ2) is 7.18. The largest absolute Gasteiger partial charge is 0.573 e. The summed E-state index contributed by atoms with van der Waals surface area (Å²) < 4.78 is 84.4. The van der Waals surface area contributed by atoms with Crippen molar-refractivity contribution in [2.75, 3.05) is 0 Å². The fourth-order valence-corrected chi connectivity index (χ4v) is 4.65. The van der Waals surface area contributed by atoms with Gasteiger partial charge in [0.05, 0.1) is 25.0 Å².